The maximum Gasteiger partial charge on any atom is 0.191 e. The van der Waals surface area contributed by atoms with Gasteiger partial charge >= 0.3 is 0 Å². The summed E-state index contributed by atoms with van der Waals surface area (Å²) in [6.45, 7) is 13.7. The molecule has 0 unspecified atom stereocenters. The van der Waals surface area contributed by atoms with Crippen LogP contribution in [0.5, 0.6) is 5.75 Å². The van der Waals surface area contributed by atoms with Crippen LogP contribution in [-0.4, -0.2) is 21.5 Å². The topological polar surface area (TPSA) is 30.5 Å². The Morgan fingerprint density at radius 3 is 2.45 bits per heavy atom. The fourth-order valence-electron chi connectivity index (χ4n) is 3.05. The molecule has 0 radical (unpaired) electrons. The molecule has 1 heterocycles. The van der Waals surface area contributed by atoms with Gasteiger partial charge in [-0.3, -0.25) is 0 Å². The fraction of sp³-hybridized carbons (Fsp3) is 0.357. The van der Waals surface area contributed by atoms with Crippen LogP contribution < -0.4 is 10.1 Å². The summed E-state index contributed by atoms with van der Waals surface area (Å²) in [5.74, 6) is 0.884. The molecule has 0 aliphatic heterocycles. The highest BCUT2D eigenvalue weighted by Crippen LogP contribution is 2.36. The molecule has 1 aromatic heterocycles. The first-order valence-corrected chi connectivity index (χ1v) is 15.4. The molecule has 3 nitrogen and oxygen atoms in total. The Morgan fingerprint density at radius 1 is 0.970 bits per heavy atom. The minimum absolute atomic E-state index is 0.248. The fourth-order valence-corrected chi connectivity index (χ4v) is 4.75. The summed E-state index contributed by atoms with van der Waals surface area (Å²) >= 11 is 1.73. The third kappa shape index (κ3) is 7.88. The number of nitrogens with one attached hydrogen (secondary N) is 1. The Kier molecular flexibility index (Phi) is 8.95. The molecule has 1 N–H and O–H groups in total. The standard InChI is InChI=1S/C28H37NO2SSi/c1-28(2,3)33(4,5)31-19-10-18-29-25-16-14-24(15-17-26-13-9-20-32-26)27(21-25)30-22-23-11-7-6-8-12-23/h6-9,11-17,20-21,29H,10,18-19,22H2,1-5H3. The molecule has 0 bridgehead atoms. The molecular formula is C28H37NO2SSi. The molecule has 0 spiro atoms. The summed E-state index contributed by atoms with van der Waals surface area (Å²) in [6.07, 6.45) is 5.25. The molecule has 0 aliphatic carbocycles. The van der Waals surface area contributed by atoms with Crippen molar-refractivity contribution >= 4 is 37.5 Å². The summed E-state index contributed by atoms with van der Waals surface area (Å²) in [6, 6.07) is 20.8. The van der Waals surface area contributed by atoms with E-state index in [1.54, 1.807) is 11.3 Å². The van der Waals surface area contributed by atoms with Gasteiger partial charge in [0.1, 0.15) is 12.4 Å². The smallest absolute Gasteiger partial charge is 0.191 e. The van der Waals surface area contributed by atoms with Crippen LogP contribution in [0.4, 0.5) is 5.69 Å². The lowest BCUT2D eigenvalue weighted by Crippen LogP contribution is -2.41. The first-order chi connectivity index (χ1) is 15.7. The number of thiophene rings is 1. The van der Waals surface area contributed by atoms with Crippen LogP contribution in [0.3, 0.4) is 0 Å². The van der Waals surface area contributed by atoms with Gasteiger partial charge in [0.2, 0.25) is 0 Å². The van der Waals surface area contributed by atoms with E-state index in [4.69, 9.17) is 9.16 Å². The van der Waals surface area contributed by atoms with Crippen LogP contribution >= 0.6 is 11.3 Å². The van der Waals surface area contributed by atoms with Gasteiger partial charge < -0.3 is 14.5 Å². The van der Waals surface area contributed by atoms with Crippen LogP contribution in [0.25, 0.3) is 12.2 Å². The Bertz CT molecular complexity index is 1010. The maximum atomic E-state index is 6.30. The quantitative estimate of drug-likeness (QED) is 0.221. The Balaban J connectivity index is 1.62. The van der Waals surface area contributed by atoms with Gasteiger partial charge in [-0.05, 0) is 65.8 Å². The highest BCUT2D eigenvalue weighted by molar-refractivity contribution is 7.10. The van der Waals surface area contributed by atoms with Gasteiger partial charge in [-0.2, -0.15) is 0 Å². The molecule has 0 fully saturated rings. The second-order valence-corrected chi connectivity index (χ2v) is 15.6. The van der Waals surface area contributed by atoms with E-state index in [-0.39, 0.29) is 5.04 Å². The van der Waals surface area contributed by atoms with Gasteiger partial charge in [0, 0.05) is 35.3 Å². The van der Waals surface area contributed by atoms with Crippen LogP contribution in [0.1, 0.15) is 43.2 Å². The van der Waals surface area contributed by atoms with E-state index >= 15 is 0 Å². The highest BCUT2D eigenvalue weighted by Gasteiger charge is 2.36. The van der Waals surface area contributed by atoms with Crippen molar-refractivity contribution in [1.82, 2.24) is 0 Å². The van der Waals surface area contributed by atoms with Crippen molar-refractivity contribution in [2.75, 3.05) is 18.5 Å². The van der Waals surface area contributed by atoms with E-state index in [1.807, 2.05) is 18.2 Å². The van der Waals surface area contributed by atoms with Gasteiger partial charge in [0.05, 0.1) is 0 Å². The van der Waals surface area contributed by atoms with Crippen LogP contribution in [0.2, 0.25) is 18.1 Å². The third-order valence-electron chi connectivity index (χ3n) is 6.14. The zero-order valence-corrected chi connectivity index (χ0v) is 22.4. The van der Waals surface area contributed by atoms with Gasteiger partial charge in [-0.25, -0.2) is 0 Å². The average molecular weight is 480 g/mol. The van der Waals surface area contributed by atoms with Crippen LogP contribution in [-0.2, 0) is 11.0 Å². The molecule has 0 saturated carbocycles. The Hall–Kier alpha value is -2.34. The molecule has 33 heavy (non-hydrogen) atoms. The molecule has 0 atom stereocenters. The summed E-state index contributed by atoms with van der Waals surface area (Å²) < 4.78 is 12.5. The van der Waals surface area contributed by atoms with Crippen molar-refractivity contribution in [1.29, 1.82) is 0 Å². The number of anilines is 1. The molecular weight excluding hydrogens is 442 g/mol. The minimum atomic E-state index is -1.68. The van der Waals surface area contributed by atoms with Crippen molar-refractivity contribution in [3.63, 3.8) is 0 Å². The summed E-state index contributed by atoms with van der Waals surface area (Å²) in [7, 11) is -1.68. The zero-order valence-electron chi connectivity index (χ0n) is 20.6. The van der Waals surface area contributed by atoms with E-state index in [1.165, 1.54) is 4.88 Å². The lowest BCUT2D eigenvalue weighted by Gasteiger charge is -2.36. The van der Waals surface area contributed by atoms with E-state index < -0.39 is 8.32 Å². The lowest BCUT2D eigenvalue weighted by atomic mass is 10.1. The first kappa shape index (κ1) is 25.3. The molecule has 0 saturated heterocycles. The van der Waals surface area contributed by atoms with Crippen LogP contribution in [0, 0.1) is 0 Å². The molecule has 2 aromatic carbocycles. The van der Waals surface area contributed by atoms with Crippen LogP contribution in [0.15, 0.2) is 66.0 Å². The summed E-state index contributed by atoms with van der Waals surface area (Å²) in [5, 5.41) is 5.88. The van der Waals surface area contributed by atoms with Crippen molar-refractivity contribution in [3.8, 4) is 5.75 Å². The number of rotatable bonds is 11. The molecule has 0 amide bonds. The maximum absolute atomic E-state index is 6.30. The lowest BCUT2D eigenvalue weighted by molar-refractivity contribution is 0.286. The van der Waals surface area contributed by atoms with Crippen molar-refractivity contribution in [2.24, 2.45) is 0 Å². The minimum Gasteiger partial charge on any atom is -0.488 e. The number of hydrogen-bond donors (Lipinski definition) is 1. The molecule has 176 valence electrons. The molecule has 0 aliphatic rings. The normalized spacial score (nSPS) is 12.3. The van der Waals surface area contributed by atoms with Gasteiger partial charge in [-0.15, -0.1) is 11.3 Å². The van der Waals surface area contributed by atoms with Crippen molar-refractivity contribution < 1.29 is 9.16 Å². The Labute approximate surface area is 204 Å². The zero-order chi connectivity index (χ0) is 23.7. The van der Waals surface area contributed by atoms with Gasteiger partial charge in [0.15, 0.2) is 8.32 Å². The number of ether oxygens (including phenoxy) is 1. The molecule has 3 aromatic rings. The molecule has 5 heteroatoms. The van der Waals surface area contributed by atoms with Crippen molar-refractivity contribution in [3.05, 3.63) is 82.0 Å². The Morgan fingerprint density at radius 2 is 1.76 bits per heavy atom. The van der Waals surface area contributed by atoms with E-state index in [0.717, 1.165) is 42.1 Å². The van der Waals surface area contributed by atoms with Crippen molar-refractivity contribution in [2.45, 2.75) is 51.9 Å². The van der Waals surface area contributed by atoms with E-state index in [0.29, 0.717) is 6.61 Å². The van der Waals surface area contributed by atoms with E-state index in [2.05, 4.69) is 99.2 Å². The number of hydrogen-bond acceptors (Lipinski definition) is 4. The van der Waals surface area contributed by atoms with Gasteiger partial charge in [0.25, 0.3) is 0 Å². The number of benzene rings is 2. The SMILES string of the molecule is CC(C)(C)[Si](C)(C)OCCCNc1ccc(C=Cc2cccs2)c(OCc2ccccc2)c1. The molecule has 3 rings (SSSR count). The highest BCUT2D eigenvalue weighted by atomic mass is 32.1. The van der Waals surface area contributed by atoms with Gasteiger partial charge in [-0.1, -0.05) is 57.2 Å². The predicted octanol–water partition coefficient (Wildman–Crippen LogP) is 8.32. The summed E-state index contributed by atoms with van der Waals surface area (Å²) in [4.78, 5) is 1.23. The predicted molar refractivity (Wildman–Crippen MR) is 147 cm³/mol. The van der Waals surface area contributed by atoms with E-state index in [9.17, 15) is 0 Å². The third-order valence-corrected chi connectivity index (χ3v) is 11.5. The summed E-state index contributed by atoms with van der Waals surface area (Å²) in [5.41, 5.74) is 3.30. The largest absolute Gasteiger partial charge is 0.488 e. The monoisotopic (exact) mass is 479 g/mol. The second-order valence-electron chi connectivity index (χ2n) is 9.76. The average Bonchev–Trinajstić information content (AvgIpc) is 3.30. The first-order valence-electron chi connectivity index (χ1n) is 11.6. The second kappa shape index (κ2) is 11.7.